The van der Waals surface area contributed by atoms with Crippen LogP contribution in [0.25, 0.3) is 0 Å². The minimum Gasteiger partial charge on any atom is -0.406 e. The van der Waals surface area contributed by atoms with E-state index in [-0.39, 0.29) is 11.3 Å². The van der Waals surface area contributed by atoms with Crippen LogP contribution in [0.5, 0.6) is 5.75 Å². The molecule has 0 aliphatic carbocycles. The molecule has 0 bridgehead atoms. The van der Waals surface area contributed by atoms with Gasteiger partial charge in [-0.05, 0) is 23.7 Å². The van der Waals surface area contributed by atoms with Gasteiger partial charge in [-0.1, -0.05) is 12.1 Å². The maximum absolute atomic E-state index is 11.7. The fraction of sp³-hybridized carbons (Fsp3) is 0.111. The second-order valence-corrected chi connectivity index (χ2v) is 2.51. The summed E-state index contributed by atoms with van der Waals surface area (Å²) in [5, 5.41) is 0. The van der Waals surface area contributed by atoms with Gasteiger partial charge in [-0.3, -0.25) is 9.59 Å². The molecule has 1 aromatic carbocycles. The summed E-state index contributed by atoms with van der Waals surface area (Å²) < 4.78 is 38.6. The normalized spacial score (nSPS) is 9.75. The second-order valence-electron chi connectivity index (χ2n) is 2.33. The van der Waals surface area contributed by atoms with Crippen LogP contribution in [0, 0.1) is 0 Å². The standard InChI is InChI=1S/C8H5F3O2.CHClO/c9-8(10,11)13-7-3-1-2-6(4-7)5-12;2-1-3/h1-5H;1H. The van der Waals surface area contributed by atoms with Gasteiger partial charge in [0.25, 0.3) is 0 Å². The molecule has 3 nitrogen and oxygen atoms in total. The van der Waals surface area contributed by atoms with Gasteiger partial charge in [-0.2, -0.15) is 0 Å². The fourth-order valence-electron chi connectivity index (χ4n) is 0.785. The van der Waals surface area contributed by atoms with E-state index in [1.807, 2.05) is 0 Å². The molecule has 88 valence electrons. The quantitative estimate of drug-likeness (QED) is 0.602. The van der Waals surface area contributed by atoms with E-state index in [4.69, 9.17) is 4.79 Å². The summed E-state index contributed by atoms with van der Waals surface area (Å²) in [6, 6.07) is 4.84. The monoisotopic (exact) mass is 254 g/mol. The van der Waals surface area contributed by atoms with Crippen molar-refractivity contribution in [1.82, 2.24) is 0 Å². The Balaban J connectivity index is 0.000000673. The van der Waals surface area contributed by atoms with Crippen LogP contribution in [0.3, 0.4) is 0 Å². The summed E-state index contributed by atoms with van der Waals surface area (Å²) in [5.74, 6) is -0.169. The molecular weight excluding hydrogens is 249 g/mol. The van der Waals surface area contributed by atoms with Gasteiger partial charge in [0.05, 0.1) is 0 Å². The van der Waals surface area contributed by atoms with Gasteiger partial charge in [0, 0.05) is 5.56 Å². The van der Waals surface area contributed by atoms with Crippen molar-refractivity contribution >= 4 is 23.6 Å². The number of rotatable bonds is 2. The molecule has 16 heavy (non-hydrogen) atoms. The number of hydrogen-bond acceptors (Lipinski definition) is 3. The highest BCUT2D eigenvalue weighted by molar-refractivity contribution is 6.54. The van der Waals surface area contributed by atoms with Gasteiger partial charge in [-0.15, -0.1) is 13.2 Å². The molecular formula is C9H6ClF3O3. The Labute approximate surface area is 93.8 Å². The van der Waals surface area contributed by atoms with Crippen molar-refractivity contribution in [3.05, 3.63) is 29.8 Å². The molecule has 0 unspecified atom stereocenters. The molecule has 0 saturated carbocycles. The number of benzene rings is 1. The van der Waals surface area contributed by atoms with Crippen LogP contribution in [0.4, 0.5) is 13.2 Å². The second kappa shape index (κ2) is 6.84. The number of aldehydes is 1. The molecule has 0 spiro atoms. The van der Waals surface area contributed by atoms with Gasteiger partial charge in [0.1, 0.15) is 12.0 Å². The largest absolute Gasteiger partial charge is 0.573 e. The molecule has 0 aromatic heterocycles. The number of carbonyl (C=O) groups is 2. The minimum absolute atomic E-state index is 0.141. The third kappa shape index (κ3) is 6.83. The minimum atomic E-state index is -4.72. The average Bonchev–Trinajstić information content (AvgIpc) is 2.16. The Morgan fingerprint density at radius 3 is 2.25 bits per heavy atom. The van der Waals surface area contributed by atoms with Gasteiger partial charge >= 0.3 is 6.36 Å². The molecule has 0 radical (unpaired) electrons. The third-order valence-corrected chi connectivity index (χ3v) is 1.23. The maximum Gasteiger partial charge on any atom is 0.573 e. The lowest BCUT2D eigenvalue weighted by molar-refractivity contribution is -0.274. The summed E-state index contributed by atoms with van der Waals surface area (Å²) >= 11 is 4.32. The lowest BCUT2D eigenvalue weighted by Crippen LogP contribution is -2.17. The predicted molar refractivity (Wildman–Crippen MR) is 51.1 cm³/mol. The van der Waals surface area contributed by atoms with Crippen molar-refractivity contribution in [2.24, 2.45) is 0 Å². The number of hydrogen-bond donors (Lipinski definition) is 0. The molecule has 0 fully saturated rings. The highest BCUT2D eigenvalue weighted by Crippen LogP contribution is 2.22. The Morgan fingerprint density at radius 1 is 1.25 bits per heavy atom. The van der Waals surface area contributed by atoms with E-state index < -0.39 is 12.1 Å². The summed E-state index contributed by atoms with van der Waals surface area (Å²) in [6.07, 6.45) is -4.27. The van der Waals surface area contributed by atoms with E-state index in [0.29, 0.717) is 6.29 Å². The van der Waals surface area contributed by atoms with Crippen molar-refractivity contribution in [3.63, 3.8) is 0 Å². The average molecular weight is 255 g/mol. The molecule has 1 rings (SSSR count). The van der Waals surface area contributed by atoms with Gasteiger partial charge in [0.2, 0.25) is 5.75 Å². The zero-order valence-electron chi connectivity index (χ0n) is 7.70. The Kier molecular flexibility index (Phi) is 6.17. The molecule has 0 atom stereocenters. The van der Waals surface area contributed by atoms with E-state index in [1.54, 1.807) is 0 Å². The Morgan fingerprint density at radius 2 is 1.81 bits per heavy atom. The summed E-state index contributed by atoms with van der Waals surface area (Å²) in [6.45, 7) is 0. The smallest absolute Gasteiger partial charge is 0.406 e. The van der Waals surface area contributed by atoms with E-state index >= 15 is 0 Å². The first-order chi connectivity index (χ1) is 7.42. The number of alkyl halides is 3. The zero-order valence-corrected chi connectivity index (χ0v) is 8.46. The van der Waals surface area contributed by atoms with Crippen molar-refractivity contribution < 1.29 is 27.5 Å². The maximum atomic E-state index is 11.7. The van der Waals surface area contributed by atoms with Crippen LogP contribution in [0.15, 0.2) is 24.3 Å². The lowest BCUT2D eigenvalue weighted by atomic mass is 10.2. The van der Waals surface area contributed by atoms with Crippen LogP contribution in [0.1, 0.15) is 10.4 Å². The SMILES string of the molecule is O=CCl.O=Cc1cccc(OC(F)(F)F)c1. The predicted octanol–water partition coefficient (Wildman–Crippen LogP) is 2.81. The lowest BCUT2D eigenvalue weighted by Gasteiger charge is -2.08. The molecule has 0 aliphatic heterocycles. The van der Waals surface area contributed by atoms with Crippen LogP contribution in [0.2, 0.25) is 0 Å². The van der Waals surface area contributed by atoms with Crippen molar-refractivity contribution in [2.75, 3.05) is 0 Å². The fourth-order valence-corrected chi connectivity index (χ4v) is 0.785. The van der Waals surface area contributed by atoms with Gasteiger partial charge in [0.15, 0.2) is 0 Å². The van der Waals surface area contributed by atoms with Crippen molar-refractivity contribution in [1.29, 1.82) is 0 Å². The Bertz CT molecular complexity index is 352. The Hall–Kier alpha value is -1.56. The van der Waals surface area contributed by atoms with Gasteiger partial charge < -0.3 is 4.74 Å². The molecule has 0 aliphatic rings. The molecule has 0 saturated heterocycles. The summed E-state index contributed by atoms with van der Waals surface area (Å²) in [7, 11) is 0. The first kappa shape index (κ1) is 14.4. The van der Waals surface area contributed by atoms with E-state index in [9.17, 15) is 18.0 Å². The highest BCUT2D eigenvalue weighted by Gasteiger charge is 2.30. The first-order valence-corrected chi connectivity index (χ1v) is 4.21. The van der Waals surface area contributed by atoms with Crippen LogP contribution < -0.4 is 4.74 Å². The first-order valence-electron chi connectivity index (χ1n) is 3.77. The third-order valence-electron chi connectivity index (χ3n) is 1.23. The summed E-state index contributed by atoms with van der Waals surface area (Å²) in [4.78, 5) is 18.8. The zero-order chi connectivity index (χ0) is 12.6. The van der Waals surface area contributed by atoms with Crippen molar-refractivity contribution in [2.45, 2.75) is 6.36 Å². The highest BCUT2D eigenvalue weighted by atomic mass is 35.5. The van der Waals surface area contributed by atoms with E-state index in [0.717, 1.165) is 12.1 Å². The molecule has 7 heteroatoms. The summed E-state index contributed by atoms with van der Waals surface area (Å²) in [5.41, 5.74) is 0.141. The van der Waals surface area contributed by atoms with Crippen LogP contribution in [-0.4, -0.2) is 18.4 Å². The van der Waals surface area contributed by atoms with Crippen LogP contribution >= 0.6 is 11.6 Å². The van der Waals surface area contributed by atoms with Crippen LogP contribution in [-0.2, 0) is 4.79 Å². The number of halogens is 4. The number of ether oxygens (including phenoxy) is 1. The van der Waals surface area contributed by atoms with E-state index in [1.165, 1.54) is 12.1 Å². The number of carbonyl (C=O) groups excluding carboxylic acids is 2. The molecule has 0 heterocycles. The van der Waals surface area contributed by atoms with Gasteiger partial charge in [-0.25, -0.2) is 0 Å². The molecule has 1 aromatic rings. The topological polar surface area (TPSA) is 43.4 Å². The van der Waals surface area contributed by atoms with E-state index in [2.05, 4.69) is 16.3 Å². The molecule has 0 amide bonds. The van der Waals surface area contributed by atoms with Crippen molar-refractivity contribution in [3.8, 4) is 5.75 Å². The molecule has 0 N–H and O–H groups in total.